The van der Waals surface area contributed by atoms with E-state index in [1.165, 1.54) is 67.9 Å². The van der Waals surface area contributed by atoms with E-state index < -0.39 is 16.1 Å². The highest BCUT2D eigenvalue weighted by Gasteiger charge is 2.48. The number of hydrogen-bond donors (Lipinski definition) is 0. The van der Waals surface area contributed by atoms with Crippen molar-refractivity contribution in [2.45, 2.75) is 21.6 Å². The number of fused-ring (bicyclic) bond motifs is 11. The lowest BCUT2D eigenvalue weighted by molar-refractivity contribution is 0.633. The Morgan fingerprint density at radius 2 is 1.17 bits per heavy atom. The molecule has 11 aromatic rings. The van der Waals surface area contributed by atoms with E-state index >= 15 is 0 Å². The summed E-state index contributed by atoms with van der Waals surface area (Å²) in [6.07, 6.45) is 13.6. The maximum Gasteiger partial charge on any atom is 0.181 e. The summed E-state index contributed by atoms with van der Waals surface area (Å²) in [5, 5.41) is 13.4. The smallest absolute Gasteiger partial charge is 0.181 e. The van der Waals surface area contributed by atoms with E-state index in [4.69, 9.17) is 9.97 Å². The van der Waals surface area contributed by atoms with Gasteiger partial charge in [0.2, 0.25) is 0 Å². The highest BCUT2D eigenvalue weighted by Crippen LogP contribution is 2.46. The zero-order valence-corrected chi connectivity index (χ0v) is 40.4. The average molecular weight is 933 g/mol. The molecule has 0 amide bonds. The maximum atomic E-state index is 5.24. The second kappa shape index (κ2) is 15.9. The first-order chi connectivity index (χ1) is 34.2. The second-order valence-electron chi connectivity index (χ2n) is 18.4. The van der Waals surface area contributed by atoms with E-state index in [1.54, 1.807) is 0 Å². The minimum atomic E-state index is -3.02. The van der Waals surface area contributed by atoms with Crippen LogP contribution in [0.4, 0.5) is 0 Å². The molecule has 0 saturated heterocycles. The van der Waals surface area contributed by atoms with Crippen LogP contribution in [-0.2, 0) is 0 Å². The minimum absolute atomic E-state index is 0.0789. The molecule has 4 nitrogen and oxygen atoms in total. The van der Waals surface area contributed by atoms with Gasteiger partial charge in [0.25, 0.3) is 0 Å². The molecule has 8 aromatic carbocycles. The van der Waals surface area contributed by atoms with Crippen LogP contribution in [0.1, 0.15) is 23.2 Å². The molecule has 0 radical (unpaired) electrons. The molecule has 14 rings (SSSR count). The van der Waals surface area contributed by atoms with Crippen LogP contribution in [0.15, 0.2) is 270 Å². The van der Waals surface area contributed by atoms with Crippen LogP contribution < -0.4 is 36.3 Å². The predicted octanol–water partition coefficient (Wildman–Crippen LogP) is 9.59. The van der Waals surface area contributed by atoms with Gasteiger partial charge in [-0.05, 0) is 89.5 Å². The fourth-order valence-electron chi connectivity index (χ4n) is 12.3. The van der Waals surface area contributed by atoms with Crippen molar-refractivity contribution in [2.75, 3.05) is 0 Å². The molecule has 3 aliphatic rings. The molecule has 2 unspecified atom stereocenters. The Morgan fingerprint density at radius 3 is 1.93 bits per heavy atom. The highest BCUT2D eigenvalue weighted by molar-refractivity contribution is 8.00. The minimum Gasteiger partial charge on any atom is -0.303 e. The Labute approximate surface area is 407 Å². The van der Waals surface area contributed by atoms with Crippen molar-refractivity contribution in [3.05, 3.63) is 272 Å². The molecule has 0 N–H and O–H groups in total. The van der Waals surface area contributed by atoms with Crippen LogP contribution in [0.5, 0.6) is 0 Å². The van der Waals surface area contributed by atoms with Crippen molar-refractivity contribution >= 4 is 86.2 Å². The number of benzene rings is 8. The van der Waals surface area contributed by atoms with Gasteiger partial charge >= 0.3 is 0 Å². The third-order valence-electron chi connectivity index (χ3n) is 15.1. The molecule has 2 atom stereocenters. The fourth-order valence-corrected chi connectivity index (χ4v) is 24.1. The van der Waals surface area contributed by atoms with Gasteiger partial charge < -0.3 is 4.57 Å². The van der Waals surface area contributed by atoms with Gasteiger partial charge in [0, 0.05) is 56.7 Å². The van der Waals surface area contributed by atoms with Crippen molar-refractivity contribution in [3.63, 3.8) is 0 Å². The molecule has 0 spiro atoms. The molecule has 69 heavy (non-hydrogen) atoms. The van der Waals surface area contributed by atoms with E-state index in [0.717, 1.165) is 28.1 Å². The number of imidazole rings is 1. The Kier molecular flexibility index (Phi) is 9.27. The van der Waals surface area contributed by atoms with E-state index in [-0.39, 0.29) is 11.8 Å². The zero-order chi connectivity index (χ0) is 45.5. The summed E-state index contributed by atoms with van der Waals surface area (Å²) in [6, 6.07) is 82.1. The van der Waals surface area contributed by atoms with Gasteiger partial charge in [0.1, 0.15) is 11.5 Å². The van der Waals surface area contributed by atoms with Gasteiger partial charge in [-0.1, -0.05) is 206 Å². The molecule has 0 bridgehead atoms. The van der Waals surface area contributed by atoms with Gasteiger partial charge in [-0.3, -0.25) is 4.57 Å². The molecular weight excluding hydrogens is 889 g/mol. The van der Waals surface area contributed by atoms with Crippen LogP contribution in [0, 0.1) is 0 Å². The molecular formula is C62H44N4SSi2. The third kappa shape index (κ3) is 5.88. The molecule has 2 aliphatic heterocycles. The van der Waals surface area contributed by atoms with E-state index in [2.05, 4.69) is 252 Å². The van der Waals surface area contributed by atoms with Crippen LogP contribution >= 0.6 is 11.8 Å². The van der Waals surface area contributed by atoms with E-state index in [9.17, 15) is 0 Å². The monoisotopic (exact) mass is 932 g/mol. The third-order valence-corrected chi connectivity index (χ3v) is 26.2. The first kappa shape index (κ1) is 40.3. The number of nitrogens with zero attached hydrogens (tertiary/aromatic N) is 4. The lowest BCUT2D eigenvalue weighted by Gasteiger charge is -2.40. The summed E-state index contributed by atoms with van der Waals surface area (Å²) >= 11 is 1.91. The summed E-state index contributed by atoms with van der Waals surface area (Å²) in [5.74, 6) is 1.36. The second-order valence-corrected chi connectivity index (χ2v) is 27.1. The van der Waals surface area contributed by atoms with Gasteiger partial charge in [0.05, 0.1) is 11.2 Å². The van der Waals surface area contributed by atoms with Crippen molar-refractivity contribution in [1.29, 1.82) is 0 Å². The normalized spacial score (nSPS) is 16.5. The summed E-state index contributed by atoms with van der Waals surface area (Å²) in [7, 11) is -5.82. The maximum absolute atomic E-state index is 5.24. The molecule has 1 aliphatic carbocycles. The Hall–Kier alpha value is -7.82. The van der Waals surface area contributed by atoms with Gasteiger partial charge in [-0.15, -0.1) is 0 Å². The average Bonchev–Trinajstić information content (AvgIpc) is 4.05. The molecule has 0 fully saturated rings. The van der Waals surface area contributed by atoms with Crippen molar-refractivity contribution in [3.8, 4) is 11.4 Å². The fraction of sp³-hybridized carbons (Fsp3) is 0.0323. The number of aromatic nitrogens is 4. The zero-order valence-electron chi connectivity index (χ0n) is 37.6. The van der Waals surface area contributed by atoms with Crippen molar-refractivity contribution < 1.29 is 0 Å². The predicted molar refractivity (Wildman–Crippen MR) is 290 cm³/mol. The SMILES string of the molecule is C1=CC2c3ccccc3-n3ccnc3C2C=C1[Si](c1ccccc1)(c1ccccc1)c1cccc(-n2c3cc4c(cc3c3cccnc32)[Si](c2ccccc2)(c2ccccc2)c2ccccc2S4)c1. The number of hydrogen-bond acceptors (Lipinski definition) is 3. The summed E-state index contributed by atoms with van der Waals surface area (Å²) < 4.78 is 4.74. The first-order valence-corrected chi connectivity index (χ1v) is 28.6. The topological polar surface area (TPSA) is 35.6 Å². The lowest BCUT2D eigenvalue weighted by Crippen LogP contribution is -2.76. The Bertz CT molecular complexity index is 3760. The molecule has 3 aromatic heterocycles. The van der Waals surface area contributed by atoms with Gasteiger partial charge in [-0.2, -0.15) is 0 Å². The van der Waals surface area contributed by atoms with Crippen molar-refractivity contribution in [2.24, 2.45) is 0 Å². The number of pyridine rings is 1. The Balaban J connectivity index is 1.02. The van der Waals surface area contributed by atoms with Crippen LogP contribution in [-0.4, -0.2) is 35.2 Å². The van der Waals surface area contributed by atoms with Crippen LogP contribution in [0.3, 0.4) is 0 Å². The summed E-state index contributed by atoms with van der Waals surface area (Å²) in [4.78, 5) is 12.9. The van der Waals surface area contributed by atoms with Crippen LogP contribution in [0.25, 0.3) is 33.3 Å². The summed E-state index contributed by atoms with van der Waals surface area (Å²) in [5.41, 5.74) is 5.77. The van der Waals surface area contributed by atoms with Crippen LogP contribution in [0.2, 0.25) is 0 Å². The standard InChI is InChI=1S/C62H44N4SSi2/c1-5-20-44(21-6-1)68(45-22-7-2-8-23-45,49-34-35-50-51-29-13-14-31-55(51)65-38-37-64-61(65)54(50)40-49)48-28-17-19-43(39-48)66-56-42-58-60(41-53(56)52-30-18-36-63-62(52)66)69(46-24-9-3-10-25-46,47-26-11-4-12-27-47)59-33-16-15-32-57(59)67-58/h1-42,50,54H. The molecule has 5 heterocycles. The van der Waals surface area contributed by atoms with E-state index in [0.29, 0.717) is 0 Å². The molecule has 0 saturated carbocycles. The Morgan fingerprint density at radius 1 is 0.507 bits per heavy atom. The lowest BCUT2D eigenvalue weighted by atomic mass is 9.79. The first-order valence-electron chi connectivity index (χ1n) is 23.8. The summed E-state index contributed by atoms with van der Waals surface area (Å²) in [6.45, 7) is 0. The number of allylic oxidation sites excluding steroid dienone is 4. The van der Waals surface area contributed by atoms with E-state index in [1.807, 2.05) is 24.2 Å². The molecule has 7 heteroatoms. The largest absolute Gasteiger partial charge is 0.303 e. The van der Waals surface area contributed by atoms with Gasteiger partial charge in [-0.25, -0.2) is 9.97 Å². The number of para-hydroxylation sites is 1. The quantitative estimate of drug-likeness (QED) is 0.118. The van der Waals surface area contributed by atoms with Crippen molar-refractivity contribution in [1.82, 2.24) is 19.1 Å². The van der Waals surface area contributed by atoms with Gasteiger partial charge in [0.15, 0.2) is 16.1 Å². The number of rotatable bonds is 7. The highest BCUT2D eigenvalue weighted by atomic mass is 32.2. The molecule has 326 valence electrons.